The van der Waals surface area contributed by atoms with Gasteiger partial charge in [0, 0.05) is 24.3 Å². The molecule has 2 aliphatic heterocycles. The monoisotopic (exact) mass is 440 g/mol. The number of amides is 1. The fourth-order valence-corrected chi connectivity index (χ4v) is 4.15. The summed E-state index contributed by atoms with van der Waals surface area (Å²) in [4.78, 5) is 14.0. The minimum Gasteiger partial charge on any atom is -0.395 e. The molecule has 5 rings (SSSR count). The molecule has 0 aromatic heterocycles. The third-order valence-corrected chi connectivity index (χ3v) is 5.77. The van der Waals surface area contributed by atoms with Crippen LogP contribution in [-0.4, -0.2) is 38.0 Å². The van der Waals surface area contributed by atoms with Crippen LogP contribution in [0.3, 0.4) is 0 Å². The number of carbonyl (C=O) groups excluding carboxylic acids is 1. The number of benzene rings is 3. The lowest BCUT2D eigenvalue weighted by Crippen LogP contribution is -2.50. The van der Waals surface area contributed by atoms with Gasteiger partial charge in [0.1, 0.15) is 6.61 Å². The van der Waals surface area contributed by atoms with Gasteiger partial charge in [-0.3, -0.25) is 4.79 Å². The zero-order valence-electron chi connectivity index (χ0n) is 17.4. The minimum atomic E-state index is -3.69. The molecule has 1 N–H and O–H groups in total. The van der Waals surface area contributed by atoms with E-state index in [0.29, 0.717) is 18.8 Å². The molecule has 0 bridgehead atoms. The van der Waals surface area contributed by atoms with Crippen molar-refractivity contribution in [2.75, 3.05) is 24.6 Å². The van der Waals surface area contributed by atoms with Crippen LogP contribution in [0, 0.1) is 0 Å². The van der Waals surface area contributed by atoms with Crippen molar-refractivity contribution in [2.24, 2.45) is 0 Å². The number of morpholine rings is 1. The molecule has 0 spiro atoms. The van der Waals surface area contributed by atoms with Crippen LogP contribution in [0.5, 0.6) is 11.5 Å². The van der Waals surface area contributed by atoms with E-state index in [1.807, 2.05) is 18.2 Å². The van der Waals surface area contributed by atoms with Crippen molar-refractivity contribution in [2.45, 2.75) is 25.4 Å². The van der Waals surface area contributed by atoms with E-state index in [4.69, 9.17) is 4.74 Å². The Bertz CT molecular complexity index is 1160. The second kappa shape index (κ2) is 8.03. The average molecular weight is 440 g/mol. The van der Waals surface area contributed by atoms with Crippen LogP contribution in [0.2, 0.25) is 0 Å². The number of hydrogen-bond donors (Lipinski definition) is 1. The number of alkyl halides is 2. The predicted octanol–water partition coefficient (Wildman–Crippen LogP) is 4.24. The minimum absolute atomic E-state index is 0.0541. The first-order chi connectivity index (χ1) is 15.4. The largest absolute Gasteiger partial charge is 0.586 e. The number of rotatable bonds is 5. The van der Waals surface area contributed by atoms with E-state index in [1.165, 1.54) is 33.4 Å². The molecular formula is C24H22F2N2O4. The number of nitrogens with one attached hydrogen (secondary N) is 1. The smallest absolute Gasteiger partial charge is 0.395 e. The summed E-state index contributed by atoms with van der Waals surface area (Å²) < 4.78 is 41.3. The van der Waals surface area contributed by atoms with Crippen molar-refractivity contribution < 1.29 is 27.8 Å². The summed E-state index contributed by atoms with van der Waals surface area (Å²) in [6.45, 7) is 2.83. The third-order valence-electron chi connectivity index (χ3n) is 5.77. The number of hydrogen-bond acceptors (Lipinski definition) is 5. The van der Waals surface area contributed by atoms with Crippen LogP contribution >= 0.6 is 0 Å². The molecule has 2 heterocycles. The standard InChI is InChI=1S/C24H22F2N2O4/c1-15(19-8-4-6-16-5-2-3-7-20(16)19)27-12-18-13-28(23(29)14-30-18)17-9-10-21-22(11-17)32-24(25,26)31-21/h2-11,15,18,27H,12-14H2,1H3. The van der Waals surface area contributed by atoms with Crippen molar-refractivity contribution >= 4 is 22.4 Å². The van der Waals surface area contributed by atoms with Gasteiger partial charge in [0.05, 0.1) is 12.6 Å². The fourth-order valence-electron chi connectivity index (χ4n) is 4.15. The SMILES string of the molecule is CC(NCC1CN(c2ccc3c(c2)OC(F)(F)O3)C(=O)CO1)c1cccc2ccccc12. The molecule has 2 unspecified atom stereocenters. The summed E-state index contributed by atoms with van der Waals surface area (Å²) in [7, 11) is 0. The Hall–Kier alpha value is -3.23. The van der Waals surface area contributed by atoms with Crippen molar-refractivity contribution in [3.05, 3.63) is 66.2 Å². The zero-order valence-corrected chi connectivity index (χ0v) is 17.4. The highest BCUT2D eigenvalue weighted by Crippen LogP contribution is 2.43. The second-order valence-electron chi connectivity index (χ2n) is 7.93. The van der Waals surface area contributed by atoms with Gasteiger partial charge in [-0.25, -0.2) is 0 Å². The van der Waals surface area contributed by atoms with Gasteiger partial charge in [-0.2, -0.15) is 0 Å². The topological polar surface area (TPSA) is 60.0 Å². The second-order valence-corrected chi connectivity index (χ2v) is 7.93. The highest BCUT2D eigenvalue weighted by molar-refractivity contribution is 5.95. The molecule has 1 amide bonds. The molecule has 32 heavy (non-hydrogen) atoms. The number of anilines is 1. The summed E-state index contributed by atoms with van der Waals surface area (Å²) in [6.07, 6.45) is -3.95. The Kier molecular flexibility index (Phi) is 5.19. The number of nitrogens with zero attached hydrogens (tertiary/aromatic N) is 1. The lowest BCUT2D eigenvalue weighted by molar-refractivity contribution is -0.286. The molecule has 8 heteroatoms. The molecule has 0 radical (unpaired) electrons. The Morgan fingerprint density at radius 1 is 1.09 bits per heavy atom. The summed E-state index contributed by atoms with van der Waals surface area (Å²) >= 11 is 0. The van der Waals surface area contributed by atoms with Gasteiger partial charge >= 0.3 is 6.29 Å². The van der Waals surface area contributed by atoms with E-state index in [2.05, 4.69) is 46.0 Å². The zero-order chi connectivity index (χ0) is 22.3. The van der Waals surface area contributed by atoms with Crippen LogP contribution in [0.1, 0.15) is 18.5 Å². The maximum Gasteiger partial charge on any atom is 0.586 e. The normalized spacial score (nSPS) is 20.5. The van der Waals surface area contributed by atoms with E-state index in [1.54, 1.807) is 6.07 Å². The fraction of sp³-hybridized carbons (Fsp3) is 0.292. The van der Waals surface area contributed by atoms with Crippen LogP contribution in [0.25, 0.3) is 10.8 Å². The highest BCUT2D eigenvalue weighted by atomic mass is 19.3. The molecule has 0 saturated carbocycles. The maximum atomic E-state index is 13.3. The molecular weight excluding hydrogens is 418 g/mol. The molecule has 6 nitrogen and oxygen atoms in total. The van der Waals surface area contributed by atoms with E-state index in [9.17, 15) is 13.6 Å². The van der Waals surface area contributed by atoms with E-state index >= 15 is 0 Å². The van der Waals surface area contributed by atoms with Crippen LogP contribution in [0.4, 0.5) is 14.5 Å². The molecule has 1 fully saturated rings. The molecule has 2 aliphatic rings. The first-order valence-electron chi connectivity index (χ1n) is 10.4. The number of halogens is 2. The summed E-state index contributed by atoms with van der Waals surface area (Å²) in [6, 6.07) is 18.9. The Morgan fingerprint density at radius 2 is 1.88 bits per heavy atom. The van der Waals surface area contributed by atoms with E-state index in [-0.39, 0.29) is 36.2 Å². The molecule has 1 saturated heterocycles. The third kappa shape index (κ3) is 3.99. The van der Waals surface area contributed by atoms with Crippen molar-refractivity contribution in [1.29, 1.82) is 0 Å². The molecule has 3 aromatic rings. The van der Waals surface area contributed by atoms with Gasteiger partial charge in [0.2, 0.25) is 0 Å². The van der Waals surface area contributed by atoms with Crippen molar-refractivity contribution in [3.8, 4) is 11.5 Å². The van der Waals surface area contributed by atoms with Crippen LogP contribution < -0.4 is 19.7 Å². The number of fused-ring (bicyclic) bond motifs is 2. The predicted molar refractivity (Wildman–Crippen MR) is 115 cm³/mol. The van der Waals surface area contributed by atoms with Gasteiger partial charge in [0.25, 0.3) is 5.91 Å². The lowest BCUT2D eigenvalue weighted by Gasteiger charge is -2.33. The van der Waals surface area contributed by atoms with Crippen LogP contribution in [0.15, 0.2) is 60.7 Å². The average Bonchev–Trinajstić information content (AvgIpc) is 3.10. The van der Waals surface area contributed by atoms with Crippen molar-refractivity contribution in [1.82, 2.24) is 5.32 Å². The summed E-state index contributed by atoms with van der Waals surface area (Å²) in [5, 5.41) is 5.86. The van der Waals surface area contributed by atoms with E-state index in [0.717, 1.165) is 0 Å². The van der Waals surface area contributed by atoms with Crippen molar-refractivity contribution in [3.63, 3.8) is 0 Å². The first kappa shape index (κ1) is 20.7. The van der Waals surface area contributed by atoms with Crippen LogP contribution in [-0.2, 0) is 9.53 Å². The molecule has 2 atom stereocenters. The van der Waals surface area contributed by atoms with Gasteiger partial charge in [-0.05, 0) is 35.4 Å². The molecule has 0 aliphatic carbocycles. The van der Waals surface area contributed by atoms with Gasteiger partial charge in [-0.15, -0.1) is 8.78 Å². The number of carbonyl (C=O) groups is 1. The highest BCUT2D eigenvalue weighted by Gasteiger charge is 2.43. The maximum absolute atomic E-state index is 13.3. The van der Waals surface area contributed by atoms with Gasteiger partial charge in [0.15, 0.2) is 11.5 Å². The molecule has 166 valence electrons. The Labute approximate surface area is 183 Å². The first-order valence-corrected chi connectivity index (χ1v) is 10.4. The number of ether oxygens (including phenoxy) is 3. The Balaban J connectivity index is 1.27. The Morgan fingerprint density at radius 3 is 2.75 bits per heavy atom. The lowest BCUT2D eigenvalue weighted by atomic mass is 9.99. The van der Waals surface area contributed by atoms with Gasteiger partial charge in [-0.1, -0.05) is 42.5 Å². The summed E-state index contributed by atoms with van der Waals surface area (Å²) in [5.41, 5.74) is 1.65. The van der Waals surface area contributed by atoms with E-state index < -0.39 is 6.29 Å². The quantitative estimate of drug-likeness (QED) is 0.643. The summed E-state index contributed by atoms with van der Waals surface area (Å²) in [5.74, 6) is -0.387. The van der Waals surface area contributed by atoms with Gasteiger partial charge < -0.3 is 24.4 Å². The molecule has 3 aromatic carbocycles.